The van der Waals surface area contributed by atoms with Crippen molar-refractivity contribution in [3.63, 3.8) is 0 Å². The number of aromatic nitrogens is 4. The smallest absolute Gasteiger partial charge is 0.267 e. The van der Waals surface area contributed by atoms with Gasteiger partial charge in [-0.25, -0.2) is 4.57 Å². The van der Waals surface area contributed by atoms with Crippen LogP contribution < -0.4 is 10.9 Å². The lowest BCUT2D eigenvalue weighted by atomic mass is 10.1. The van der Waals surface area contributed by atoms with Gasteiger partial charge in [0.2, 0.25) is 11.7 Å². The zero-order chi connectivity index (χ0) is 24.7. The maximum atomic E-state index is 13.5. The van der Waals surface area contributed by atoms with Crippen LogP contribution in [0.3, 0.4) is 0 Å². The van der Waals surface area contributed by atoms with Gasteiger partial charge in [0.15, 0.2) is 5.16 Å². The molecule has 0 saturated carbocycles. The third kappa shape index (κ3) is 4.21. The molecule has 176 valence electrons. The predicted octanol–water partition coefficient (Wildman–Crippen LogP) is 5.00. The van der Waals surface area contributed by atoms with Crippen molar-refractivity contribution in [3.8, 4) is 5.69 Å². The summed E-state index contributed by atoms with van der Waals surface area (Å²) >= 11 is 1.29. The molecular weight excluding hydrogens is 458 g/mol. The van der Waals surface area contributed by atoms with Gasteiger partial charge in [-0.15, -0.1) is 10.2 Å². The highest BCUT2D eigenvalue weighted by Crippen LogP contribution is 2.25. The van der Waals surface area contributed by atoms with Gasteiger partial charge < -0.3 is 5.32 Å². The zero-order valence-electron chi connectivity index (χ0n) is 20.0. The number of benzene rings is 3. The molecule has 0 spiro atoms. The highest BCUT2D eigenvalue weighted by Gasteiger charge is 2.19. The molecule has 3 aromatic carbocycles. The molecular formula is C27H25N5O2S. The summed E-state index contributed by atoms with van der Waals surface area (Å²) in [6.07, 6.45) is 0. The topological polar surface area (TPSA) is 81.3 Å². The molecule has 8 heteroatoms. The Hall–Kier alpha value is -3.91. The number of fused-ring (bicyclic) bond motifs is 3. The second-order valence-corrected chi connectivity index (χ2v) is 9.66. The normalized spacial score (nSPS) is 11.3. The van der Waals surface area contributed by atoms with Gasteiger partial charge in [0.05, 0.1) is 22.3 Å². The molecule has 0 aliphatic rings. The number of hydrogen-bond acceptors (Lipinski definition) is 5. The molecule has 0 saturated heterocycles. The van der Waals surface area contributed by atoms with Crippen LogP contribution in [0.1, 0.15) is 22.3 Å². The van der Waals surface area contributed by atoms with E-state index in [9.17, 15) is 9.59 Å². The second kappa shape index (κ2) is 9.03. The minimum atomic E-state index is -0.156. The first-order valence-electron chi connectivity index (χ1n) is 11.3. The molecule has 0 aliphatic carbocycles. The van der Waals surface area contributed by atoms with Crippen molar-refractivity contribution in [3.05, 3.63) is 93.3 Å². The molecule has 5 rings (SSSR count). The lowest BCUT2D eigenvalue weighted by Crippen LogP contribution is -2.22. The fraction of sp³-hybridized carbons (Fsp3) is 0.185. The third-order valence-corrected chi connectivity index (χ3v) is 6.92. The molecule has 0 radical (unpaired) electrons. The van der Waals surface area contributed by atoms with Crippen LogP contribution in [-0.2, 0) is 4.79 Å². The molecule has 0 aliphatic heterocycles. The molecule has 1 amide bonds. The van der Waals surface area contributed by atoms with Crippen LogP contribution in [0.25, 0.3) is 22.4 Å². The Morgan fingerprint density at radius 2 is 1.66 bits per heavy atom. The molecule has 7 nitrogen and oxygen atoms in total. The van der Waals surface area contributed by atoms with Crippen LogP contribution in [0.2, 0.25) is 0 Å². The van der Waals surface area contributed by atoms with Crippen LogP contribution in [-0.4, -0.2) is 30.8 Å². The molecule has 0 atom stereocenters. The van der Waals surface area contributed by atoms with E-state index in [0.717, 1.165) is 33.6 Å². The van der Waals surface area contributed by atoms with Gasteiger partial charge in [-0.1, -0.05) is 53.7 Å². The van der Waals surface area contributed by atoms with Crippen molar-refractivity contribution in [2.24, 2.45) is 0 Å². The van der Waals surface area contributed by atoms with Crippen LogP contribution in [0, 0.1) is 27.7 Å². The minimum absolute atomic E-state index is 0.132. The molecule has 0 fully saturated rings. The third-order valence-electron chi connectivity index (χ3n) is 5.99. The maximum Gasteiger partial charge on any atom is 0.267 e. The van der Waals surface area contributed by atoms with E-state index in [-0.39, 0.29) is 17.2 Å². The van der Waals surface area contributed by atoms with E-state index < -0.39 is 0 Å². The van der Waals surface area contributed by atoms with Crippen molar-refractivity contribution in [2.45, 2.75) is 32.9 Å². The van der Waals surface area contributed by atoms with Crippen LogP contribution in [0.4, 0.5) is 5.69 Å². The lowest BCUT2D eigenvalue weighted by molar-refractivity contribution is -0.113. The van der Waals surface area contributed by atoms with E-state index in [1.54, 1.807) is 10.6 Å². The number of para-hydroxylation sites is 1. The Kier molecular flexibility index (Phi) is 5.90. The predicted molar refractivity (Wildman–Crippen MR) is 141 cm³/mol. The summed E-state index contributed by atoms with van der Waals surface area (Å²) < 4.78 is 3.45. The Bertz CT molecular complexity index is 1670. The van der Waals surface area contributed by atoms with Crippen LogP contribution in [0.5, 0.6) is 0 Å². The van der Waals surface area contributed by atoms with E-state index in [1.165, 1.54) is 11.8 Å². The van der Waals surface area contributed by atoms with Crippen molar-refractivity contribution >= 4 is 40.0 Å². The first kappa shape index (κ1) is 22.9. The van der Waals surface area contributed by atoms with Crippen molar-refractivity contribution in [2.75, 3.05) is 11.1 Å². The highest BCUT2D eigenvalue weighted by molar-refractivity contribution is 7.99. The summed E-state index contributed by atoms with van der Waals surface area (Å²) in [6.45, 7) is 7.95. The SMILES string of the molecule is Cc1ccc(-n2c(=O)c3ccccc3n3c(SCC(=O)Nc4cc(C)ccc4C)nnc23)c(C)c1. The number of anilines is 1. The maximum absolute atomic E-state index is 13.5. The van der Waals surface area contributed by atoms with Gasteiger partial charge in [0, 0.05) is 5.69 Å². The van der Waals surface area contributed by atoms with Crippen LogP contribution >= 0.6 is 11.8 Å². The Morgan fingerprint density at radius 1 is 0.914 bits per heavy atom. The fourth-order valence-electron chi connectivity index (χ4n) is 4.23. The number of carbonyl (C=O) groups excluding carboxylic acids is 1. The van der Waals surface area contributed by atoms with E-state index in [4.69, 9.17) is 0 Å². The monoisotopic (exact) mass is 483 g/mol. The van der Waals surface area contributed by atoms with Gasteiger partial charge in [0.1, 0.15) is 0 Å². The summed E-state index contributed by atoms with van der Waals surface area (Å²) in [5, 5.41) is 12.8. The Labute approximate surface area is 206 Å². The molecule has 2 heterocycles. The second-order valence-electron chi connectivity index (χ2n) is 8.72. The molecule has 2 aromatic heterocycles. The van der Waals surface area contributed by atoms with Gasteiger partial charge in [-0.2, -0.15) is 0 Å². The number of nitrogens with zero attached hydrogens (tertiary/aromatic N) is 4. The number of hydrogen-bond donors (Lipinski definition) is 1. The van der Waals surface area contributed by atoms with Gasteiger partial charge in [0.25, 0.3) is 5.56 Å². The number of amides is 1. The molecule has 35 heavy (non-hydrogen) atoms. The minimum Gasteiger partial charge on any atom is -0.325 e. The summed E-state index contributed by atoms with van der Waals surface area (Å²) in [5.41, 5.74) is 6.28. The van der Waals surface area contributed by atoms with Crippen LogP contribution in [0.15, 0.2) is 70.6 Å². The molecule has 0 bridgehead atoms. The highest BCUT2D eigenvalue weighted by atomic mass is 32.2. The summed E-state index contributed by atoms with van der Waals surface area (Å²) in [7, 11) is 0. The summed E-state index contributed by atoms with van der Waals surface area (Å²) in [6, 6.07) is 19.3. The first-order valence-corrected chi connectivity index (χ1v) is 12.3. The van der Waals surface area contributed by atoms with E-state index in [2.05, 4.69) is 15.5 Å². The van der Waals surface area contributed by atoms with Crippen molar-refractivity contribution < 1.29 is 4.79 Å². The Balaban J connectivity index is 1.56. The van der Waals surface area contributed by atoms with E-state index in [0.29, 0.717) is 21.8 Å². The number of thioether (sulfide) groups is 1. The standard InChI is InChI=1S/C27H25N5O2S/c1-16-10-12-22(19(4)13-16)31-25(34)20-7-5-6-8-23(20)32-26(31)29-30-27(32)35-15-24(33)28-21-14-17(2)9-11-18(21)3/h5-14H,15H2,1-4H3,(H,28,33). The zero-order valence-corrected chi connectivity index (χ0v) is 20.8. The summed E-state index contributed by atoms with van der Waals surface area (Å²) in [5.74, 6) is 0.441. The quantitative estimate of drug-likeness (QED) is 0.356. The fourth-order valence-corrected chi connectivity index (χ4v) is 4.97. The Morgan fingerprint density at radius 3 is 2.46 bits per heavy atom. The van der Waals surface area contributed by atoms with E-state index >= 15 is 0 Å². The van der Waals surface area contributed by atoms with Gasteiger partial charge in [-0.05, 0) is 68.7 Å². The van der Waals surface area contributed by atoms with E-state index in [1.807, 2.05) is 86.7 Å². The van der Waals surface area contributed by atoms with Gasteiger partial charge >= 0.3 is 0 Å². The lowest BCUT2D eigenvalue weighted by Gasteiger charge is -2.14. The average Bonchev–Trinajstić information content (AvgIpc) is 3.25. The summed E-state index contributed by atoms with van der Waals surface area (Å²) in [4.78, 5) is 26.3. The average molecular weight is 484 g/mol. The molecule has 1 N–H and O–H groups in total. The number of nitrogens with one attached hydrogen (secondary N) is 1. The van der Waals surface area contributed by atoms with Crippen molar-refractivity contribution in [1.29, 1.82) is 0 Å². The van der Waals surface area contributed by atoms with Gasteiger partial charge in [-0.3, -0.25) is 14.0 Å². The number of aryl methyl sites for hydroxylation is 4. The molecule has 5 aromatic rings. The first-order chi connectivity index (χ1) is 16.8. The van der Waals surface area contributed by atoms with Crippen molar-refractivity contribution in [1.82, 2.24) is 19.2 Å². The number of carbonyl (C=O) groups is 1. The largest absolute Gasteiger partial charge is 0.325 e. The number of rotatable bonds is 5. The molecule has 0 unspecified atom stereocenters.